The zero-order valence-electron chi connectivity index (χ0n) is 11.0. The first-order valence-electron chi connectivity index (χ1n) is 6.64. The first kappa shape index (κ1) is 13.5. The monoisotopic (exact) mass is 226 g/mol. The Kier molecular flexibility index (Phi) is 5.81. The molecule has 16 heavy (non-hydrogen) atoms. The van der Waals surface area contributed by atoms with Gasteiger partial charge in [-0.05, 0) is 18.8 Å². The van der Waals surface area contributed by atoms with Gasteiger partial charge in [-0.15, -0.1) is 0 Å². The maximum absolute atomic E-state index is 11.9. The summed E-state index contributed by atoms with van der Waals surface area (Å²) in [6, 6.07) is 0.499. The second kappa shape index (κ2) is 6.89. The molecule has 1 aliphatic rings. The Balaban J connectivity index is 2.34. The number of hydrogen-bond acceptors (Lipinski definition) is 2. The molecular formula is C13H26N2O. The highest BCUT2D eigenvalue weighted by Crippen LogP contribution is 2.11. The van der Waals surface area contributed by atoms with Crippen LogP contribution in [0.2, 0.25) is 0 Å². The average molecular weight is 226 g/mol. The Morgan fingerprint density at radius 1 is 1.50 bits per heavy atom. The lowest BCUT2D eigenvalue weighted by molar-refractivity contribution is -0.132. The van der Waals surface area contributed by atoms with Crippen LogP contribution in [0.5, 0.6) is 0 Å². The van der Waals surface area contributed by atoms with Crippen LogP contribution >= 0.6 is 0 Å². The molecule has 3 nitrogen and oxygen atoms in total. The molecule has 0 saturated carbocycles. The minimum Gasteiger partial charge on any atom is -0.340 e. The molecule has 1 aliphatic heterocycles. The average Bonchev–Trinajstić information content (AvgIpc) is 2.25. The fraction of sp³-hybridized carbons (Fsp3) is 0.923. The van der Waals surface area contributed by atoms with E-state index in [9.17, 15) is 4.79 Å². The van der Waals surface area contributed by atoms with Crippen molar-refractivity contribution in [2.75, 3.05) is 19.6 Å². The molecule has 0 spiro atoms. The fourth-order valence-corrected chi connectivity index (χ4v) is 2.27. The number of piperazine rings is 1. The summed E-state index contributed by atoms with van der Waals surface area (Å²) in [5.74, 6) is 1.04. The van der Waals surface area contributed by atoms with E-state index >= 15 is 0 Å². The third kappa shape index (κ3) is 4.52. The molecule has 0 aromatic rings. The number of nitrogens with one attached hydrogen (secondary N) is 1. The minimum absolute atomic E-state index is 0.345. The molecule has 1 N–H and O–H groups in total. The van der Waals surface area contributed by atoms with Crippen LogP contribution in [0.1, 0.15) is 46.5 Å². The predicted octanol–water partition coefficient (Wildman–Crippen LogP) is 2.02. The van der Waals surface area contributed by atoms with Gasteiger partial charge in [-0.25, -0.2) is 0 Å². The van der Waals surface area contributed by atoms with Gasteiger partial charge in [0.15, 0.2) is 0 Å². The molecule has 0 bridgehead atoms. The highest BCUT2D eigenvalue weighted by atomic mass is 16.2. The molecule has 1 saturated heterocycles. The quantitative estimate of drug-likeness (QED) is 0.778. The molecule has 3 heteroatoms. The molecule has 0 aromatic carbocycles. The summed E-state index contributed by atoms with van der Waals surface area (Å²) < 4.78 is 0. The first-order chi connectivity index (χ1) is 7.63. The van der Waals surface area contributed by atoms with Gasteiger partial charge in [-0.3, -0.25) is 4.79 Å². The van der Waals surface area contributed by atoms with Crippen LogP contribution in [-0.2, 0) is 4.79 Å². The zero-order valence-corrected chi connectivity index (χ0v) is 11.0. The lowest BCUT2D eigenvalue weighted by atomic mass is 10.0. The number of carbonyl (C=O) groups excluding carboxylic acids is 1. The summed E-state index contributed by atoms with van der Waals surface area (Å²) >= 11 is 0. The van der Waals surface area contributed by atoms with Crippen molar-refractivity contribution in [1.29, 1.82) is 0 Å². The fourth-order valence-electron chi connectivity index (χ4n) is 2.27. The van der Waals surface area contributed by atoms with E-state index in [1.807, 2.05) is 4.90 Å². The molecule has 1 rings (SSSR count). The van der Waals surface area contributed by atoms with E-state index in [0.717, 1.165) is 45.3 Å². The molecule has 1 heterocycles. The van der Waals surface area contributed by atoms with Gasteiger partial charge in [-0.1, -0.05) is 27.2 Å². The third-order valence-corrected chi connectivity index (χ3v) is 3.11. The first-order valence-corrected chi connectivity index (χ1v) is 6.64. The van der Waals surface area contributed by atoms with Gasteiger partial charge in [0.2, 0.25) is 5.91 Å². The summed E-state index contributed by atoms with van der Waals surface area (Å²) in [6.07, 6.45) is 4.02. The normalized spacial score (nSPS) is 21.5. The van der Waals surface area contributed by atoms with Crippen LogP contribution in [-0.4, -0.2) is 36.5 Å². The van der Waals surface area contributed by atoms with Crippen molar-refractivity contribution in [3.63, 3.8) is 0 Å². The van der Waals surface area contributed by atoms with Gasteiger partial charge in [-0.2, -0.15) is 0 Å². The second-order valence-electron chi connectivity index (χ2n) is 5.22. The minimum atomic E-state index is 0.345. The van der Waals surface area contributed by atoms with Crippen molar-refractivity contribution >= 4 is 5.91 Å². The summed E-state index contributed by atoms with van der Waals surface area (Å²) in [4.78, 5) is 13.9. The van der Waals surface area contributed by atoms with Gasteiger partial charge < -0.3 is 10.2 Å². The summed E-state index contributed by atoms with van der Waals surface area (Å²) in [6.45, 7) is 9.35. The zero-order chi connectivity index (χ0) is 12.0. The summed E-state index contributed by atoms with van der Waals surface area (Å²) in [5, 5.41) is 3.50. The van der Waals surface area contributed by atoms with Crippen LogP contribution < -0.4 is 5.32 Å². The van der Waals surface area contributed by atoms with E-state index in [1.165, 1.54) is 0 Å². The molecule has 1 fully saturated rings. The van der Waals surface area contributed by atoms with Gasteiger partial charge in [0.05, 0.1) is 0 Å². The van der Waals surface area contributed by atoms with Crippen molar-refractivity contribution in [2.45, 2.75) is 52.5 Å². The van der Waals surface area contributed by atoms with E-state index < -0.39 is 0 Å². The van der Waals surface area contributed by atoms with Crippen LogP contribution in [0.3, 0.4) is 0 Å². The van der Waals surface area contributed by atoms with Crippen LogP contribution in [0.4, 0.5) is 0 Å². The van der Waals surface area contributed by atoms with Crippen LogP contribution in [0, 0.1) is 5.92 Å². The number of rotatable bonds is 5. The van der Waals surface area contributed by atoms with E-state index in [1.54, 1.807) is 0 Å². The Labute approximate surface area is 99.6 Å². The molecule has 1 unspecified atom stereocenters. The summed E-state index contributed by atoms with van der Waals surface area (Å²) in [5.41, 5.74) is 0. The largest absolute Gasteiger partial charge is 0.340 e. The van der Waals surface area contributed by atoms with Crippen LogP contribution in [0.15, 0.2) is 0 Å². The maximum Gasteiger partial charge on any atom is 0.222 e. The number of carbonyl (C=O) groups is 1. The van der Waals surface area contributed by atoms with E-state index in [2.05, 4.69) is 26.1 Å². The standard InChI is InChI=1S/C13H26N2O/c1-4-5-6-13(16)15-8-7-14-12(10-15)9-11(2)3/h11-12,14H,4-10H2,1-3H3. The van der Waals surface area contributed by atoms with Crippen molar-refractivity contribution in [1.82, 2.24) is 10.2 Å². The third-order valence-electron chi connectivity index (χ3n) is 3.11. The van der Waals surface area contributed by atoms with Gasteiger partial charge in [0.25, 0.3) is 0 Å². The SMILES string of the molecule is CCCCC(=O)N1CCNC(CC(C)C)C1. The molecule has 0 radical (unpaired) electrons. The molecule has 0 aliphatic carbocycles. The smallest absolute Gasteiger partial charge is 0.222 e. The Morgan fingerprint density at radius 2 is 2.25 bits per heavy atom. The van der Waals surface area contributed by atoms with E-state index in [-0.39, 0.29) is 0 Å². The van der Waals surface area contributed by atoms with Crippen molar-refractivity contribution in [2.24, 2.45) is 5.92 Å². The Bertz CT molecular complexity index is 216. The molecular weight excluding hydrogens is 200 g/mol. The van der Waals surface area contributed by atoms with Gasteiger partial charge >= 0.3 is 0 Å². The van der Waals surface area contributed by atoms with Crippen molar-refractivity contribution < 1.29 is 4.79 Å². The molecule has 1 amide bonds. The molecule has 0 aromatic heterocycles. The highest BCUT2D eigenvalue weighted by molar-refractivity contribution is 5.76. The number of nitrogens with zero attached hydrogens (tertiary/aromatic N) is 1. The highest BCUT2D eigenvalue weighted by Gasteiger charge is 2.22. The lowest BCUT2D eigenvalue weighted by Gasteiger charge is -2.34. The number of hydrogen-bond donors (Lipinski definition) is 1. The summed E-state index contributed by atoms with van der Waals surface area (Å²) in [7, 11) is 0. The predicted molar refractivity (Wildman–Crippen MR) is 67.4 cm³/mol. The van der Waals surface area contributed by atoms with Gasteiger partial charge in [0, 0.05) is 32.1 Å². The number of unbranched alkanes of at least 4 members (excludes halogenated alkanes) is 1. The van der Waals surface area contributed by atoms with E-state index in [0.29, 0.717) is 17.9 Å². The van der Waals surface area contributed by atoms with Crippen LogP contribution in [0.25, 0.3) is 0 Å². The van der Waals surface area contributed by atoms with Crippen molar-refractivity contribution in [3.05, 3.63) is 0 Å². The van der Waals surface area contributed by atoms with Gasteiger partial charge in [0.1, 0.15) is 0 Å². The molecule has 1 atom stereocenters. The van der Waals surface area contributed by atoms with Crippen molar-refractivity contribution in [3.8, 4) is 0 Å². The molecule has 94 valence electrons. The van der Waals surface area contributed by atoms with E-state index in [4.69, 9.17) is 0 Å². The Hall–Kier alpha value is -0.570. The Morgan fingerprint density at radius 3 is 2.88 bits per heavy atom. The number of amides is 1. The topological polar surface area (TPSA) is 32.3 Å². The lowest BCUT2D eigenvalue weighted by Crippen LogP contribution is -2.52. The maximum atomic E-state index is 11.9. The second-order valence-corrected chi connectivity index (χ2v) is 5.22.